The van der Waals surface area contributed by atoms with Gasteiger partial charge in [0.2, 0.25) is 5.78 Å². The van der Waals surface area contributed by atoms with Crippen molar-refractivity contribution < 1.29 is 13.2 Å². The molecule has 4 aromatic rings. The summed E-state index contributed by atoms with van der Waals surface area (Å²) in [7, 11) is 0. The number of hydrogen-bond acceptors (Lipinski definition) is 6. The lowest BCUT2D eigenvalue weighted by Crippen LogP contribution is -2.10. The molecule has 0 aliphatic rings. The van der Waals surface area contributed by atoms with Crippen molar-refractivity contribution in [2.24, 2.45) is 0 Å². The molecule has 0 saturated carbocycles. The third-order valence-electron chi connectivity index (χ3n) is 3.40. The van der Waals surface area contributed by atoms with Crippen molar-refractivity contribution in [3.63, 3.8) is 0 Å². The number of thiophene rings is 1. The molecule has 0 N–H and O–H groups in total. The smallest absolute Gasteiger partial charge is 0.291 e. The van der Waals surface area contributed by atoms with E-state index >= 15 is 0 Å². The summed E-state index contributed by atoms with van der Waals surface area (Å²) in [6.07, 6.45) is 0.683. The van der Waals surface area contributed by atoms with E-state index in [0.717, 1.165) is 17.8 Å². The van der Waals surface area contributed by atoms with Crippen LogP contribution in [0.25, 0.3) is 16.3 Å². The zero-order valence-electron chi connectivity index (χ0n) is 13.0. The highest BCUT2D eigenvalue weighted by Gasteiger charge is 2.34. The molecule has 4 aromatic heterocycles. The summed E-state index contributed by atoms with van der Waals surface area (Å²) in [5.41, 5.74) is 0.00365. The monoisotopic (exact) mass is 393 g/mol. The van der Waals surface area contributed by atoms with E-state index in [2.05, 4.69) is 19.9 Å². The summed E-state index contributed by atoms with van der Waals surface area (Å²) < 4.78 is 41.3. The first-order valence-electron chi connectivity index (χ1n) is 7.40. The summed E-state index contributed by atoms with van der Waals surface area (Å²) >= 11 is 2.44. The number of thioether (sulfide) groups is 1. The molecule has 0 aliphatic carbocycles. The van der Waals surface area contributed by atoms with Crippen LogP contribution in [0, 0.1) is 0 Å². The van der Waals surface area contributed by atoms with E-state index in [1.807, 2.05) is 0 Å². The summed E-state index contributed by atoms with van der Waals surface area (Å²) in [6, 6.07) is 6.25. The van der Waals surface area contributed by atoms with E-state index in [-0.39, 0.29) is 10.9 Å². The molecule has 0 saturated heterocycles. The van der Waals surface area contributed by atoms with Gasteiger partial charge in [-0.15, -0.1) is 11.3 Å². The van der Waals surface area contributed by atoms with Crippen LogP contribution in [0.2, 0.25) is 0 Å². The van der Waals surface area contributed by atoms with Gasteiger partial charge in [-0.25, -0.2) is 19.9 Å². The molecule has 0 unspecified atom stereocenters. The average Bonchev–Trinajstić information content (AvgIpc) is 3.28. The Kier molecular flexibility index (Phi) is 4.37. The van der Waals surface area contributed by atoms with Gasteiger partial charge in [0.25, 0.3) is 0 Å². The van der Waals surface area contributed by atoms with Crippen molar-refractivity contribution in [3.8, 4) is 10.6 Å². The second kappa shape index (κ2) is 6.69. The van der Waals surface area contributed by atoms with Gasteiger partial charge in [0.15, 0.2) is 5.16 Å². The Labute approximate surface area is 154 Å². The molecule has 0 aliphatic heterocycles. The third kappa shape index (κ3) is 3.56. The normalized spacial score (nSPS) is 12.0. The lowest BCUT2D eigenvalue weighted by atomic mass is 10.3. The molecular formula is C16H10F3N5S2. The number of nitrogens with zero attached hydrogens (tertiary/aromatic N) is 5. The zero-order valence-corrected chi connectivity index (χ0v) is 14.6. The van der Waals surface area contributed by atoms with Crippen molar-refractivity contribution in [1.29, 1.82) is 0 Å². The summed E-state index contributed by atoms with van der Waals surface area (Å²) in [5, 5.41) is 1.86. The van der Waals surface area contributed by atoms with Crippen molar-refractivity contribution >= 4 is 28.9 Å². The second-order valence-corrected chi connectivity index (χ2v) is 7.13. The predicted molar refractivity (Wildman–Crippen MR) is 92.9 cm³/mol. The number of halogens is 3. The highest BCUT2D eigenvalue weighted by molar-refractivity contribution is 7.98. The lowest BCUT2D eigenvalue weighted by molar-refractivity contribution is -0.141. The molecule has 0 radical (unpaired) electrons. The molecule has 4 heterocycles. The van der Waals surface area contributed by atoms with Gasteiger partial charge in [-0.1, -0.05) is 17.8 Å². The average molecular weight is 393 g/mol. The molecule has 4 rings (SSSR count). The van der Waals surface area contributed by atoms with E-state index in [1.165, 1.54) is 11.3 Å². The molecule has 132 valence electrons. The number of fused-ring (bicyclic) bond motifs is 1. The quantitative estimate of drug-likeness (QED) is 0.376. The number of imidazole rings is 1. The SMILES string of the molecule is FC(F)(F)c1cc(-c2cccs2)nc(SCc2cn3cccnc3n2)n1. The first-order chi connectivity index (χ1) is 12.5. The Morgan fingerprint density at radius 2 is 2.04 bits per heavy atom. The largest absolute Gasteiger partial charge is 0.433 e. The maximum atomic E-state index is 13.2. The lowest BCUT2D eigenvalue weighted by Gasteiger charge is -2.09. The number of aromatic nitrogens is 5. The van der Waals surface area contributed by atoms with Gasteiger partial charge in [0, 0.05) is 24.3 Å². The van der Waals surface area contributed by atoms with E-state index in [0.29, 0.717) is 22.1 Å². The van der Waals surface area contributed by atoms with E-state index in [9.17, 15) is 13.2 Å². The Morgan fingerprint density at radius 1 is 1.15 bits per heavy atom. The van der Waals surface area contributed by atoms with Gasteiger partial charge in [-0.2, -0.15) is 13.2 Å². The zero-order chi connectivity index (χ0) is 18.1. The number of alkyl halides is 3. The minimum absolute atomic E-state index is 0.0632. The van der Waals surface area contributed by atoms with Crippen molar-refractivity contribution in [2.75, 3.05) is 0 Å². The van der Waals surface area contributed by atoms with E-state index in [4.69, 9.17) is 0 Å². The standard InChI is InChI=1S/C16H10F3N5S2/c17-16(18,19)13-7-11(12-3-1-6-25-12)22-15(23-13)26-9-10-8-24-5-2-4-20-14(24)21-10/h1-8H,9H2. The topological polar surface area (TPSA) is 56.0 Å². The van der Waals surface area contributed by atoms with E-state index < -0.39 is 11.9 Å². The fourth-order valence-electron chi connectivity index (χ4n) is 2.27. The van der Waals surface area contributed by atoms with Crippen LogP contribution in [0.4, 0.5) is 13.2 Å². The highest BCUT2D eigenvalue weighted by Crippen LogP contribution is 2.33. The molecule has 0 spiro atoms. The molecule has 10 heteroatoms. The van der Waals surface area contributed by atoms with Gasteiger partial charge < -0.3 is 0 Å². The highest BCUT2D eigenvalue weighted by atomic mass is 32.2. The maximum Gasteiger partial charge on any atom is 0.433 e. The third-order valence-corrected chi connectivity index (χ3v) is 5.18. The van der Waals surface area contributed by atoms with Crippen LogP contribution in [0.15, 0.2) is 53.4 Å². The Morgan fingerprint density at radius 3 is 2.77 bits per heavy atom. The van der Waals surface area contributed by atoms with E-state index in [1.54, 1.807) is 46.6 Å². The van der Waals surface area contributed by atoms with Crippen LogP contribution in [-0.4, -0.2) is 24.3 Å². The molecule has 0 fully saturated rings. The van der Waals surface area contributed by atoms with Crippen LogP contribution < -0.4 is 0 Å². The van der Waals surface area contributed by atoms with Gasteiger partial charge in [0.05, 0.1) is 16.3 Å². The Balaban J connectivity index is 1.63. The Bertz CT molecular complexity index is 1010. The van der Waals surface area contributed by atoms with Gasteiger partial charge >= 0.3 is 6.18 Å². The molecule has 0 amide bonds. The summed E-state index contributed by atoms with van der Waals surface area (Å²) in [6.45, 7) is 0. The molecule has 0 atom stereocenters. The van der Waals surface area contributed by atoms with Crippen molar-refractivity contribution in [2.45, 2.75) is 17.1 Å². The van der Waals surface area contributed by atoms with Gasteiger partial charge in [-0.3, -0.25) is 4.40 Å². The number of rotatable bonds is 4. The van der Waals surface area contributed by atoms with Gasteiger partial charge in [-0.05, 0) is 23.6 Å². The second-order valence-electron chi connectivity index (χ2n) is 5.24. The molecule has 5 nitrogen and oxygen atoms in total. The summed E-state index contributed by atoms with van der Waals surface area (Å²) in [4.78, 5) is 17.0. The van der Waals surface area contributed by atoms with Crippen LogP contribution in [0.5, 0.6) is 0 Å². The minimum atomic E-state index is -4.53. The first-order valence-corrected chi connectivity index (χ1v) is 9.27. The fourth-order valence-corrected chi connectivity index (χ4v) is 3.70. The molecule has 26 heavy (non-hydrogen) atoms. The van der Waals surface area contributed by atoms with Crippen molar-refractivity contribution in [3.05, 3.63) is 59.6 Å². The van der Waals surface area contributed by atoms with Crippen LogP contribution in [-0.2, 0) is 11.9 Å². The summed E-state index contributed by atoms with van der Waals surface area (Å²) in [5.74, 6) is 0.876. The molecule has 0 bridgehead atoms. The molecular weight excluding hydrogens is 383 g/mol. The minimum Gasteiger partial charge on any atom is -0.291 e. The first kappa shape index (κ1) is 17.0. The Hall–Kier alpha value is -2.46. The fraction of sp³-hybridized carbons (Fsp3) is 0.125. The predicted octanol–water partition coefficient (Wildman–Crippen LogP) is 4.56. The molecule has 0 aromatic carbocycles. The number of hydrogen-bond donors (Lipinski definition) is 0. The van der Waals surface area contributed by atoms with Gasteiger partial charge in [0.1, 0.15) is 5.69 Å². The van der Waals surface area contributed by atoms with Crippen LogP contribution in [0.1, 0.15) is 11.4 Å². The van der Waals surface area contributed by atoms with Crippen LogP contribution in [0.3, 0.4) is 0 Å². The maximum absolute atomic E-state index is 13.2. The van der Waals surface area contributed by atoms with Crippen molar-refractivity contribution in [1.82, 2.24) is 24.3 Å². The van der Waals surface area contributed by atoms with Crippen LogP contribution >= 0.6 is 23.1 Å².